The van der Waals surface area contributed by atoms with Crippen molar-refractivity contribution < 1.29 is 9.90 Å². The van der Waals surface area contributed by atoms with Crippen LogP contribution in [0.1, 0.15) is 26.5 Å². The molecule has 3 nitrogen and oxygen atoms in total. The van der Waals surface area contributed by atoms with Crippen LogP contribution in [0, 0.1) is 0 Å². The molecular formula is C26H27NO2Si. The monoisotopic (exact) mass is 413 g/mol. The summed E-state index contributed by atoms with van der Waals surface area (Å²) in [5.74, 6) is -0.808. The number of hydrogen-bond donors (Lipinski definition) is 1. The van der Waals surface area contributed by atoms with Gasteiger partial charge in [-0.25, -0.2) is 0 Å². The molecule has 152 valence electrons. The molecule has 4 aromatic rings. The second-order valence-electron chi connectivity index (χ2n) is 8.79. The molecule has 0 aliphatic carbocycles. The summed E-state index contributed by atoms with van der Waals surface area (Å²) in [5, 5.41) is 13.2. The number of carboxylic acids is 1. The minimum Gasteiger partial charge on any atom is -0.481 e. The summed E-state index contributed by atoms with van der Waals surface area (Å²) in [6.45, 7) is 6.87. The molecule has 1 heterocycles. The Kier molecular flexibility index (Phi) is 5.12. The second-order valence-corrected chi connectivity index (χ2v) is 13.3. The lowest BCUT2D eigenvalue weighted by atomic mass is 10.2. The van der Waals surface area contributed by atoms with E-state index < -0.39 is 14.2 Å². The molecule has 0 atom stereocenters. The summed E-state index contributed by atoms with van der Waals surface area (Å²) >= 11 is 0. The Morgan fingerprint density at radius 1 is 0.833 bits per heavy atom. The highest BCUT2D eigenvalue weighted by Gasteiger charge is 2.51. The predicted molar refractivity (Wildman–Crippen MR) is 126 cm³/mol. The van der Waals surface area contributed by atoms with E-state index in [0.717, 1.165) is 16.6 Å². The first-order valence-corrected chi connectivity index (χ1v) is 12.2. The van der Waals surface area contributed by atoms with Crippen molar-refractivity contribution in [2.75, 3.05) is 0 Å². The lowest BCUT2D eigenvalue weighted by molar-refractivity contribution is -0.136. The van der Waals surface area contributed by atoms with E-state index in [1.807, 2.05) is 24.3 Å². The molecule has 0 amide bonds. The van der Waals surface area contributed by atoms with E-state index in [1.165, 1.54) is 10.4 Å². The van der Waals surface area contributed by atoms with Crippen molar-refractivity contribution in [2.45, 2.75) is 32.2 Å². The summed E-state index contributed by atoms with van der Waals surface area (Å²) in [6.07, 6.45) is -0.000816. The molecule has 3 aromatic carbocycles. The van der Waals surface area contributed by atoms with Crippen LogP contribution in [0.2, 0.25) is 5.04 Å². The second kappa shape index (κ2) is 7.61. The van der Waals surface area contributed by atoms with Crippen LogP contribution in [0.5, 0.6) is 0 Å². The highest BCUT2D eigenvalue weighted by molar-refractivity contribution is 7.03. The van der Waals surface area contributed by atoms with E-state index >= 15 is 0 Å². The normalized spacial score (nSPS) is 12.2. The number of nitrogens with zero attached hydrogens (tertiary/aromatic N) is 1. The number of aromatic nitrogens is 1. The first kappa shape index (κ1) is 20.2. The molecule has 4 rings (SSSR count). The number of carbonyl (C=O) groups is 1. The Morgan fingerprint density at radius 3 is 1.83 bits per heavy atom. The summed E-state index contributed by atoms with van der Waals surface area (Å²) in [4.78, 5) is 11.8. The maximum absolute atomic E-state index is 11.8. The number of hydrogen-bond acceptors (Lipinski definition) is 1. The molecule has 4 heteroatoms. The molecule has 0 radical (unpaired) electrons. The molecule has 0 saturated carbocycles. The van der Waals surface area contributed by atoms with E-state index in [0.29, 0.717) is 0 Å². The smallest absolute Gasteiger partial charge is 0.309 e. The molecule has 0 spiro atoms. The van der Waals surface area contributed by atoms with Crippen molar-refractivity contribution in [1.29, 1.82) is 0 Å². The molecule has 0 saturated heterocycles. The van der Waals surface area contributed by atoms with E-state index in [-0.39, 0.29) is 11.5 Å². The number of fused-ring (bicyclic) bond motifs is 1. The van der Waals surface area contributed by atoms with Gasteiger partial charge < -0.3 is 9.34 Å². The van der Waals surface area contributed by atoms with Crippen LogP contribution in [0.15, 0.2) is 91.0 Å². The number of para-hydroxylation sites is 1. The molecule has 1 N–H and O–H groups in total. The van der Waals surface area contributed by atoms with Gasteiger partial charge in [-0.15, -0.1) is 0 Å². The molecule has 0 unspecified atom stereocenters. The maximum Gasteiger partial charge on any atom is 0.309 e. The zero-order chi connectivity index (χ0) is 21.4. The van der Waals surface area contributed by atoms with Crippen LogP contribution in [0.4, 0.5) is 0 Å². The number of benzene rings is 3. The molecule has 0 fully saturated rings. The van der Waals surface area contributed by atoms with E-state index in [4.69, 9.17) is 0 Å². The fourth-order valence-electron chi connectivity index (χ4n) is 4.88. The van der Waals surface area contributed by atoms with Gasteiger partial charge in [0.2, 0.25) is 8.24 Å². The van der Waals surface area contributed by atoms with Crippen LogP contribution in [-0.2, 0) is 11.2 Å². The highest BCUT2D eigenvalue weighted by atomic mass is 28.3. The Balaban J connectivity index is 2.22. The Labute approximate surface area is 178 Å². The van der Waals surface area contributed by atoms with Crippen LogP contribution in [-0.4, -0.2) is 23.5 Å². The molecule has 0 aliphatic rings. The maximum atomic E-state index is 11.8. The highest BCUT2D eigenvalue weighted by Crippen LogP contribution is 2.40. The van der Waals surface area contributed by atoms with Crippen molar-refractivity contribution in [1.82, 2.24) is 4.23 Å². The van der Waals surface area contributed by atoms with Gasteiger partial charge in [0.1, 0.15) is 0 Å². The largest absolute Gasteiger partial charge is 0.481 e. The lowest BCUT2D eigenvalue weighted by Gasteiger charge is -2.46. The third kappa shape index (κ3) is 3.17. The zero-order valence-electron chi connectivity index (χ0n) is 17.7. The van der Waals surface area contributed by atoms with Crippen molar-refractivity contribution >= 4 is 35.5 Å². The van der Waals surface area contributed by atoms with Crippen LogP contribution in [0.25, 0.3) is 10.9 Å². The molecule has 0 bridgehead atoms. The first-order valence-electron chi connectivity index (χ1n) is 10.3. The SMILES string of the molecule is CC(C)(C)[Si](c1ccccc1)(c1ccccc1)n1c(CC(=O)O)cc2ccccc21. The van der Waals surface area contributed by atoms with Gasteiger partial charge in [-0.2, -0.15) is 0 Å². The van der Waals surface area contributed by atoms with Crippen molar-refractivity contribution in [3.63, 3.8) is 0 Å². The quantitative estimate of drug-likeness (QED) is 0.483. The Hall–Kier alpha value is -3.11. The van der Waals surface area contributed by atoms with Crippen molar-refractivity contribution in [2.24, 2.45) is 0 Å². The first-order chi connectivity index (χ1) is 14.4. The van der Waals surface area contributed by atoms with E-state index in [9.17, 15) is 9.90 Å². The van der Waals surface area contributed by atoms with Gasteiger partial charge in [-0.05, 0) is 32.9 Å². The van der Waals surface area contributed by atoms with Crippen LogP contribution >= 0.6 is 0 Å². The lowest BCUT2D eigenvalue weighted by Crippen LogP contribution is -2.70. The van der Waals surface area contributed by atoms with Gasteiger partial charge in [0.25, 0.3) is 0 Å². The minimum atomic E-state index is -2.70. The average Bonchev–Trinajstić information content (AvgIpc) is 3.07. The van der Waals surface area contributed by atoms with Crippen LogP contribution in [0.3, 0.4) is 0 Å². The van der Waals surface area contributed by atoms with Gasteiger partial charge in [0.15, 0.2) is 0 Å². The topological polar surface area (TPSA) is 42.2 Å². The minimum absolute atomic E-state index is 0.000816. The van der Waals surface area contributed by atoms with Gasteiger partial charge in [0.05, 0.1) is 6.42 Å². The zero-order valence-corrected chi connectivity index (χ0v) is 18.7. The summed E-state index contributed by atoms with van der Waals surface area (Å²) in [6, 6.07) is 31.6. The number of aliphatic carboxylic acids is 1. The van der Waals surface area contributed by atoms with Gasteiger partial charge in [0, 0.05) is 11.2 Å². The summed E-state index contributed by atoms with van der Waals surface area (Å²) in [5.41, 5.74) is 1.96. The predicted octanol–water partition coefficient (Wildman–Crippen LogP) is 4.68. The molecule has 30 heavy (non-hydrogen) atoms. The van der Waals surface area contributed by atoms with E-state index in [2.05, 4.69) is 91.7 Å². The van der Waals surface area contributed by atoms with Gasteiger partial charge in [-0.1, -0.05) is 99.6 Å². The fraction of sp³-hybridized carbons (Fsp3) is 0.192. The summed E-state index contributed by atoms with van der Waals surface area (Å²) < 4.78 is 2.40. The Bertz CT molecular complexity index is 1130. The number of rotatable bonds is 5. The van der Waals surface area contributed by atoms with Gasteiger partial charge in [-0.3, -0.25) is 4.79 Å². The van der Waals surface area contributed by atoms with Crippen molar-refractivity contribution in [3.8, 4) is 0 Å². The molecule has 0 aliphatic heterocycles. The summed E-state index contributed by atoms with van der Waals surface area (Å²) in [7, 11) is -2.70. The fourth-order valence-corrected chi connectivity index (χ4v) is 10.6. The standard InChI is InChI=1S/C26H27NO2Si/c1-26(2,3)30(22-13-6-4-7-14-22,23-15-8-5-9-16-23)27-21(19-25(28)29)18-20-12-10-11-17-24(20)27/h4-18H,19H2,1-3H3,(H,28,29). The number of carboxylic acid groups (broad SMARTS) is 1. The third-order valence-electron chi connectivity index (χ3n) is 5.92. The molecular weight excluding hydrogens is 386 g/mol. The average molecular weight is 414 g/mol. The Morgan fingerprint density at radius 2 is 1.33 bits per heavy atom. The van der Waals surface area contributed by atoms with E-state index in [1.54, 1.807) is 0 Å². The molecule has 1 aromatic heterocycles. The van der Waals surface area contributed by atoms with Crippen molar-refractivity contribution in [3.05, 3.63) is 96.7 Å². The third-order valence-corrected chi connectivity index (χ3v) is 11.6. The van der Waals surface area contributed by atoms with Crippen LogP contribution < -0.4 is 10.4 Å². The van der Waals surface area contributed by atoms with Gasteiger partial charge >= 0.3 is 5.97 Å².